The SMILES string of the molecule is COCCn1nc(C)cc1Nc1nccc(-c2cc(C#N)c3c(c2)[C@@](C)(CO)CN3)n1. The molecule has 3 aromatic rings. The average molecular weight is 419 g/mol. The van der Waals surface area contributed by atoms with E-state index in [4.69, 9.17) is 4.74 Å². The highest BCUT2D eigenvalue weighted by atomic mass is 16.5. The highest BCUT2D eigenvalue weighted by Crippen LogP contribution is 2.41. The van der Waals surface area contributed by atoms with Gasteiger partial charge in [0.05, 0.1) is 42.4 Å². The Bertz CT molecular complexity index is 1150. The van der Waals surface area contributed by atoms with Crippen LogP contribution in [0.2, 0.25) is 0 Å². The number of aromatic nitrogens is 4. The molecule has 31 heavy (non-hydrogen) atoms. The van der Waals surface area contributed by atoms with E-state index in [0.717, 1.165) is 28.3 Å². The summed E-state index contributed by atoms with van der Waals surface area (Å²) in [4.78, 5) is 9.00. The van der Waals surface area contributed by atoms with E-state index in [1.807, 2.05) is 36.7 Å². The number of nitriles is 1. The molecule has 1 aliphatic rings. The molecule has 0 spiro atoms. The summed E-state index contributed by atoms with van der Waals surface area (Å²) < 4.78 is 6.97. The monoisotopic (exact) mass is 419 g/mol. The standard InChI is InChI=1S/C22H25N7O2/c1-14-8-19(29(28-14)6-7-31-3)27-21-24-5-4-18(26-21)15-9-16(11-23)20-17(10-15)22(2,13-30)12-25-20/h4-5,8-10,25,30H,6-7,12-13H2,1-3H3,(H,24,26,27)/t22-/m1/s1. The van der Waals surface area contributed by atoms with Crippen molar-refractivity contribution in [2.45, 2.75) is 25.8 Å². The van der Waals surface area contributed by atoms with Crippen molar-refractivity contribution >= 4 is 17.5 Å². The number of hydrogen-bond donors (Lipinski definition) is 3. The number of anilines is 3. The molecule has 2 aromatic heterocycles. The van der Waals surface area contributed by atoms with Crippen molar-refractivity contribution in [2.24, 2.45) is 0 Å². The van der Waals surface area contributed by atoms with Gasteiger partial charge in [-0.15, -0.1) is 0 Å². The average Bonchev–Trinajstić information content (AvgIpc) is 3.31. The van der Waals surface area contributed by atoms with E-state index in [9.17, 15) is 10.4 Å². The Kier molecular flexibility index (Phi) is 5.59. The molecule has 0 amide bonds. The second-order valence-electron chi connectivity index (χ2n) is 7.91. The third kappa shape index (κ3) is 3.95. The third-order valence-electron chi connectivity index (χ3n) is 5.51. The molecular formula is C22H25N7O2. The van der Waals surface area contributed by atoms with Crippen LogP contribution in [0.3, 0.4) is 0 Å². The molecule has 0 unspecified atom stereocenters. The van der Waals surface area contributed by atoms with Gasteiger partial charge >= 0.3 is 0 Å². The second-order valence-corrected chi connectivity index (χ2v) is 7.91. The quantitative estimate of drug-likeness (QED) is 0.534. The molecule has 3 N–H and O–H groups in total. The van der Waals surface area contributed by atoms with Crippen LogP contribution in [0, 0.1) is 18.3 Å². The first kappa shape index (κ1) is 20.8. The largest absolute Gasteiger partial charge is 0.395 e. The van der Waals surface area contributed by atoms with Gasteiger partial charge in [-0.05, 0) is 30.7 Å². The van der Waals surface area contributed by atoms with E-state index < -0.39 is 5.41 Å². The summed E-state index contributed by atoms with van der Waals surface area (Å²) in [5.74, 6) is 1.20. The molecule has 0 radical (unpaired) electrons. The van der Waals surface area contributed by atoms with Gasteiger partial charge in [0.25, 0.3) is 0 Å². The zero-order valence-corrected chi connectivity index (χ0v) is 17.8. The van der Waals surface area contributed by atoms with Crippen molar-refractivity contribution in [3.05, 3.63) is 47.3 Å². The zero-order valence-electron chi connectivity index (χ0n) is 17.8. The minimum Gasteiger partial charge on any atom is -0.395 e. The summed E-state index contributed by atoms with van der Waals surface area (Å²) in [7, 11) is 1.65. The topological polar surface area (TPSA) is 121 Å². The number of fused-ring (bicyclic) bond motifs is 1. The third-order valence-corrected chi connectivity index (χ3v) is 5.51. The normalized spacial score (nSPS) is 17.1. The maximum Gasteiger partial charge on any atom is 0.228 e. The summed E-state index contributed by atoms with van der Waals surface area (Å²) in [6.07, 6.45) is 1.68. The van der Waals surface area contributed by atoms with Crippen molar-refractivity contribution in [2.75, 3.05) is 37.5 Å². The molecular weight excluding hydrogens is 394 g/mol. The van der Waals surface area contributed by atoms with Crippen LogP contribution in [0.25, 0.3) is 11.3 Å². The van der Waals surface area contributed by atoms with Crippen LogP contribution >= 0.6 is 0 Å². The number of nitrogens with one attached hydrogen (secondary N) is 2. The Labute approximate surface area is 180 Å². The number of nitrogens with zero attached hydrogens (tertiary/aromatic N) is 5. The van der Waals surface area contributed by atoms with Crippen molar-refractivity contribution in [3.8, 4) is 17.3 Å². The summed E-state index contributed by atoms with van der Waals surface area (Å²) in [5.41, 5.74) is 4.15. The first-order chi connectivity index (χ1) is 15.0. The van der Waals surface area contributed by atoms with Crippen LogP contribution in [-0.2, 0) is 16.7 Å². The first-order valence-corrected chi connectivity index (χ1v) is 10.0. The molecule has 1 atom stereocenters. The van der Waals surface area contributed by atoms with E-state index in [1.165, 1.54) is 0 Å². The van der Waals surface area contributed by atoms with Gasteiger partial charge in [-0.2, -0.15) is 10.4 Å². The zero-order chi connectivity index (χ0) is 22.0. The van der Waals surface area contributed by atoms with E-state index in [1.54, 1.807) is 19.4 Å². The number of aliphatic hydroxyl groups excluding tert-OH is 1. The molecule has 1 aliphatic heterocycles. The van der Waals surface area contributed by atoms with Crippen LogP contribution in [0.1, 0.15) is 23.7 Å². The van der Waals surface area contributed by atoms with Crippen LogP contribution in [0.15, 0.2) is 30.5 Å². The number of ether oxygens (including phenoxy) is 1. The Morgan fingerprint density at radius 2 is 2.23 bits per heavy atom. The fourth-order valence-corrected chi connectivity index (χ4v) is 3.75. The van der Waals surface area contributed by atoms with Crippen LogP contribution in [-0.4, -0.2) is 51.7 Å². The van der Waals surface area contributed by atoms with Gasteiger partial charge in [-0.1, -0.05) is 6.92 Å². The molecule has 0 saturated heterocycles. The van der Waals surface area contributed by atoms with Crippen LogP contribution in [0.5, 0.6) is 0 Å². The summed E-state index contributed by atoms with van der Waals surface area (Å²) in [6, 6.07) is 9.79. The van der Waals surface area contributed by atoms with Gasteiger partial charge in [0.2, 0.25) is 5.95 Å². The molecule has 0 saturated carbocycles. The molecule has 9 nitrogen and oxygen atoms in total. The molecule has 160 valence electrons. The molecule has 0 bridgehead atoms. The van der Waals surface area contributed by atoms with Gasteiger partial charge in [0.1, 0.15) is 11.9 Å². The predicted octanol–water partition coefficient (Wildman–Crippen LogP) is 2.59. The lowest BCUT2D eigenvalue weighted by atomic mass is 9.83. The molecule has 9 heteroatoms. The van der Waals surface area contributed by atoms with Gasteiger partial charge < -0.3 is 20.5 Å². The molecule has 0 aliphatic carbocycles. The van der Waals surface area contributed by atoms with Crippen molar-refractivity contribution in [1.29, 1.82) is 5.26 Å². The fraction of sp³-hybridized carbons (Fsp3) is 0.364. The fourth-order valence-electron chi connectivity index (χ4n) is 3.75. The number of aliphatic hydroxyl groups is 1. The number of rotatable bonds is 7. The lowest BCUT2D eigenvalue weighted by molar-refractivity contribution is 0.184. The number of aryl methyl sites for hydroxylation is 1. The molecule has 1 aromatic carbocycles. The smallest absolute Gasteiger partial charge is 0.228 e. The molecule has 3 heterocycles. The summed E-state index contributed by atoms with van der Waals surface area (Å²) in [6.45, 7) is 5.62. The maximum atomic E-state index is 9.92. The molecule has 4 rings (SSSR count). The lowest BCUT2D eigenvalue weighted by Crippen LogP contribution is -2.28. The Balaban J connectivity index is 1.69. The summed E-state index contributed by atoms with van der Waals surface area (Å²) in [5, 5.41) is 30.5. The van der Waals surface area contributed by atoms with Crippen molar-refractivity contribution in [1.82, 2.24) is 19.7 Å². The van der Waals surface area contributed by atoms with Gasteiger partial charge in [-0.25, -0.2) is 14.6 Å². The van der Waals surface area contributed by atoms with Crippen LogP contribution in [0.4, 0.5) is 17.5 Å². The van der Waals surface area contributed by atoms with E-state index in [-0.39, 0.29) is 6.61 Å². The maximum absolute atomic E-state index is 9.92. The minimum atomic E-state index is -0.448. The van der Waals surface area contributed by atoms with E-state index in [2.05, 4.69) is 31.8 Å². The second kappa shape index (κ2) is 8.34. The van der Waals surface area contributed by atoms with Crippen molar-refractivity contribution in [3.63, 3.8) is 0 Å². The lowest BCUT2D eigenvalue weighted by Gasteiger charge is -2.21. The van der Waals surface area contributed by atoms with Crippen molar-refractivity contribution < 1.29 is 9.84 Å². The van der Waals surface area contributed by atoms with E-state index >= 15 is 0 Å². The summed E-state index contributed by atoms with van der Waals surface area (Å²) >= 11 is 0. The van der Waals surface area contributed by atoms with Crippen LogP contribution < -0.4 is 10.6 Å². The van der Waals surface area contributed by atoms with Gasteiger partial charge in [0, 0.05) is 36.9 Å². The Morgan fingerprint density at radius 1 is 1.39 bits per heavy atom. The highest BCUT2D eigenvalue weighted by Gasteiger charge is 2.35. The molecule has 0 fully saturated rings. The van der Waals surface area contributed by atoms with E-state index in [0.29, 0.717) is 36.9 Å². The highest BCUT2D eigenvalue weighted by molar-refractivity contribution is 5.76. The number of methoxy groups -OCH3 is 1. The predicted molar refractivity (Wildman–Crippen MR) is 117 cm³/mol. The van der Waals surface area contributed by atoms with Gasteiger partial charge in [-0.3, -0.25) is 0 Å². The van der Waals surface area contributed by atoms with Gasteiger partial charge in [0.15, 0.2) is 0 Å². The number of hydrogen-bond acceptors (Lipinski definition) is 8. The minimum absolute atomic E-state index is 0.0112. The Morgan fingerprint density at radius 3 is 2.97 bits per heavy atom. The Hall–Kier alpha value is -3.48. The number of benzene rings is 1. The first-order valence-electron chi connectivity index (χ1n) is 10.0.